The van der Waals surface area contributed by atoms with E-state index in [-0.39, 0.29) is 27.0 Å². The lowest BCUT2D eigenvalue weighted by molar-refractivity contribution is 0.359. The van der Waals surface area contributed by atoms with Crippen LogP contribution in [0.2, 0.25) is 0 Å². The van der Waals surface area contributed by atoms with Gasteiger partial charge in [0.05, 0.1) is 23.4 Å². The summed E-state index contributed by atoms with van der Waals surface area (Å²) in [6.45, 7) is 2.23. The van der Waals surface area contributed by atoms with Crippen LogP contribution >= 0.6 is 0 Å². The fourth-order valence-corrected chi connectivity index (χ4v) is 5.70. The molecule has 9 heteroatoms. The summed E-state index contributed by atoms with van der Waals surface area (Å²) in [4.78, 5) is 1.84. The molecule has 2 aromatic rings. The normalized spacial score (nSPS) is 15.5. The standard InChI is InChI=1S/C19H23N2O5S2/c1-26-18-10-9-17(27(22,23)14-13-21-11-5-6-12-21)15-19(18)28(24,25)20-16-7-3-2-4-8-16/h2-4,7,9-10,15,20H,5-6,11-14H2,1H3. The molecule has 151 valence electrons. The molecular weight excluding hydrogens is 400 g/mol. The Morgan fingerprint density at radius 2 is 1.86 bits per heavy atom. The third-order valence-electron chi connectivity index (χ3n) is 4.61. The van der Waals surface area contributed by atoms with Crippen molar-refractivity contribution >= 4 is 25.5 Å². The highest BCUT2D eigenvalue weighted by atomic mass is 32.2. The number of sulfonamides is 1. The lowest BCUT2D eigenvalue weighted by Gasteiger charge is -2.16. The van der Waals surface area contributed by atoms with Gasteiger partial charge in [0.1, 0.15) is 10.6 Å². The van der Waals surface area contributed by atoms with Crippen LogP contribution in [-0.2, 0) is 19.9 Å². The average Bonchev–Trinajstić information content (AvgIpc) is 3.20. The molecule has 7 nitrogen and oxygen atoms in total. The highest BCUT2D eigenvalue weighted by Gasteiger charge is 2.25. The molecule has 0 saturated carbocycles. The van der Waals surface area contributed by atoms with E-state index in [2.05, 4.69) is 15.7 Å². The molecule has 1 radical (unpaired) electrons. The monoisotopic (exact) mass is 423 g/mol. The number of nitrogens with zero attached hydrogens (tertiary/aromatic N) is 1. The number of nitrogens with one attached hydrogen (secondary N) is 1. The number of hydrogen-bond acceptors (Lipinski definition) is 6. The summed E-state index contributed by atoms with van der Waals surface area (Å²) in [6, 6.07) is 13.2. The Labute approximate surface area is 166 Å². The van der Waals surface area contributed by atoms with Crippen LogP contribution < -0.4 is 9.46 Å². The molecule has 1 fully saturated rings. The summed E-state index contributed by atoms with van der Waals surface area (Å²) in [5.74, 6) is 0.0144. The third kappa shape index (κ3) is 4.84. The molecule has 0 spiro atoms. The predicted octanol–water partition coefficient (Wildman–Crippen LogP) is 2.17. The van der Waals surface area contributed by atoms with E-state index in [0.717, 1.165) is 32.0 Å². The second-order valence-electron chi connectivity index (χ2n) is 6.56. The van der Waals surface area contributed by atoms with Crippen LogP contribution in [0, 0.1) is 6.07 Å². The van der Waals surface area contributed by atoms with E-state index < -0.39 is 19.9 Å². The molecule has 1 N–H and O–H groups in total. The van der Waals surface area contributed by atoms with E-state index in [9.17, 15) is 16.8 Å². The lowest BCUT2D eigenvalue weighted by atomic mass is 10.3. The summed E-state index contributed by atoms with van der Waals surface area (Å²) in [5.41, 5.74) is 0.256. The first-order valence-corrected chi connectivity index (χ1v) is 12.1. The van der Waals surface area contributed by atoms with Crippen molar-refractivity contribution in [3.63, 3.8) is 0 Å². The van der Waals surface area contributed by atoms with Crippen molar-refractivity contribution in [2.75, 3.05) is 37.2 Å². The molecule has 2 aromatic carbocycles. The number of methoxy groups -OCH3 is 1. The zero-order valence-electron chi connectivity index (χ0n) is 15.6. The zero-order valence-corrected chi connectivity index (χ0v) is 17.2. The Morgan fingerprint density at radius 3 is 2.50 bits per heavy atom. The highest BCUT2D eigenvalue weighted by molar-refractivity contribution is 7.93. The zero-order chi connectivity index (χ0) is 20.2. The van der Waals surface area contributed by atoms with Crippen molar-refractivity contribution in [2.24, 2.45) is 0 Å². The van der Waals surface area contributed by atoms with Gasteiger partial charge in [0.15, 0.2) is 9.84 Å². The van der Waals surface area contributed by atoms with Crippen LogP contribution in [0.15, 0.2) is 52.3 Å². The summed E-state index contributed by atoms with van der Waals surface area (Å²) in [7, 11) is -6.34. The third-order valence-corrected chi connectivity index (χ3v) is 7.69. The number of hydrogen-bond donors (Lipinski definition) is 1. The molecule has 1 saturated heterocycles. The smallest absolute Gasteiger partial charge is 0.265 e. The minimum Gasteiger partial charge on any atom is -0.495 e. The Balaban J connectivity index is 1.88. The topological polar surface area (TPSA) is 92.8 Å². The maximum atomic E-state index is 12.8. The van der Waals surface area contributed by atoms with Crippen LogP contribution in [0.1, 0.15) is 12.8 Å². The first-order valence-electron chi connectivity index (χ1n) is 8.94. The maximum absolute atomic E-state index is 12.8. The number of para-hydroxylation sites is 1. The van der Waals surface area contributed by atoms with E-state index in [1.807, 2.05) is 0 Å². The lowest BCUT2D eigenvalue weighted by Crippen LogP contribution is -2.26. The second-order valence-corrected chi connectivity index (χ2v) is 10.3. The number of sulfone groups is 1. The van der Waals surface area contributed by atoms with Crippen molar-refractivity contribution in [3.05, 3.63) is 48.5 Å². The van der Waals surface area contributed by atoms with Crippen LogP contribution in [0.4, 0.5) is 5.69 Å². The molecule has 0 unspecified atom stereocenters. The van der Waals surface area contributed by atoms with Gasteiger partial charge in [-0.1, -0.05) is 18.2 Å². The molecule has 1 aliphatic heterocycles. The number of ether oxygens (including phenoxy) is 1. The first-order chi connectivity index (χ1) is 13.3. The molecule has 28 heavy (non-hydrogen) atoms. The maximum Gasteiger partial charge on any atom is 0.265 e. The van der Waals surface area contributed by atoms with Crippen molar-refractivity contribution in [2.45, 2.75) is 22.6 Å². The van der Waals surface area contributed by atoms with Crippen LogP contribution in [-0.4, -0.2) is 54.2 Å². The SMILES string of the molecule is COc1ccc(S(=O)(=O)CCN2CCCC2)cc1S(=O)(=O)Nc1[c]cccc1. The van der Waals surface area contributed by atoms with Gasteiger partial charge in [-0.05, 0) is 50.2 Å². The van der Waals surface area contributed by atoms with Crippen molar-refractivity contribution in [1.29, 1.82) is 0 Å². The van der Waals surface area contributed by atoms with Crippen LogP contribution in [0.5, 0.6) is 5.75 Å². The van der Waals surface area contributed by atoms with Gasteiger partial charge in [-0.3, -0.25) is 4.72 Å². The van der Waals surface area contributed by atoms with E-state index >= 15 is 0 Å². The Kier molecular flexibility index (Phi) is 6.26. The molecule has 0 aromatic heterocycles. The quantitative estimate of drug-likeness (QED) is 0.700. The second kappa shape index (κ2) is 8.50. The van der Waals surface area contributed by atoms with Gasteiger partial charge >= 0.3 is 0 Å². The molecule has 0 amide bonds. The Hall–Kier alpha value is -2.10. The van der Waals surface area contributed by atoms with Crippen molar-refractivity contribution in [1.82, 2.24) is 4.90 Å². The van der Waals surface area contributed by atoms with Gasteiger partial charge in [-0.25, -0.2) is 16.8 Å². The van der Waals surface area contributed by atoms with E-state index in [1.165, 1.54) is 19.2 Å². The Morgan fingerprint density at radius 1 is 1.11 bits per heavy atom. The van der Waals surface area contributed by atoms with Gasteiger partial charge in [-0.2, -0.15) is 0 Å². The van der Waals surface area contributed by atoms with E-state index in [1.54, 1.807) is 24.3 Å². The van der Waals surface area contributed by atoms with Crippen molar-refractivity contribution < 1.29 is 21.6 Å². The highest BCUT2D eigenvalue weighted by Crippen LogP contribution is 2.29. The van der Waals surface area contributed by atoms with E-state index in [0.29, 0.717) is 6.54 Å². The molecule has 3 rings (SSSR count). The molecular formula is C19H23N2O5S2. The summed E-state index contributed by atoms with van der Waals surface area (Å²) < 4.78 is 58.6. The van der Waals surface area contributed by atoms with Gasteiger partial charge in [0, 0.05) is 12.6 Å². The number of likely N-dealkylation sites (tertiary alicyclic amines) is 1. The molecule has 0 atom stereocenters. The summed E-state index contributed by atoms with van der Waals surface area (Å²) >= 11 is 0. The number of anilines is 1. The number of benzene rings is 2. The van der Waals surface area contributed by atoms with E-state index in [4.69, 9.17) is 4.74 Å². The fraction of sp³-hybridized carbons (Fsp3) is 0.368. The first kappa shape index (κ1) is 20.6. The van der Waals surface area contributed by atoms with Crippen LogP contribution in [0.3, 0.4) is 0 Å². The average molecular weight is 424 g/mol. The Bertz CT molecular complexity index is 1020. The summed E-state index contributed by atoms with van der Waals surface area (Å²) in [5, 5.41) is 0. The van der Waals surface area contributed by atoms with Gasteiger partial charge < -0.3 is 9.64 Å². The predicted molar refractivity (Wildman–Crippen MR) is 107 cm³/mol. The molecule has 1 heterocycles. The van der Waals surface area contributed by atoms with Gasteiger partial charge in [0.25, 0.3) is 10.0 Å². The largest absolute Gasteiger partial charge is 0.495 e. The molecule has 0 bridgehead atoms. The molecule has 0 aliphatic carbocycles. The molecule has 1 aliphatic rings. The fourth-order valence-electron chi connectivity index (χ4n) is 3.09. The van der Waals surface area contributed by atoms with Crippen molar-refractivity contribution in [3.8, 4) is 5.75 Å². The van der Waals surface area contributed by atoms with Crippen LogP contribution in [0.25, 0.3) is 0 Å². The minimum absolute atomic E-state index is 0.0371. The minimum atomic E-state index is -4.05. The number of rotatable bonds is 8. The van der Waals surface area contributed by atoms with Gasteiger partial charge in [-0.15, -0.1) is 0 Å². The summed E-state index contributed by atoms with van der Waals surface area (Å²) in [6.07, 6.45) is 2.15. The van der Waals surface area contributed by atoms with Gasteiger partial charge in [0.2, 0.25) is 0 Å².